The highest BCUT2D eigenvalue weighted by atomic mass is 16.6. The van der Waals surface area contributed by atoms with E-state index in [9.17, 15) is 14.4 Å². The van der Waals surface area contributed by atoms with Gasteiger partial charge in [0.05, 0.1) is 0 Å². The van der Waals surface area contributed by atoms with Gasteiger partial charge in [0, 0.05) is 12.6 Å². The van der Waals surface area contributed by atoms with Gasteiger partial charge in [-0.25, -0.2) is 4.79 Å². The molecule has 3 unspecified atom stereocenters. The zero-order valence-corrected chi connectivity index (χ0v) is 22.9. The van der Waals surface area contributed by atoms with Crippen molar-refractivity contribution in [2.45, 2.75) is 91.1 Å². The van der Waals surface area contributed by atoms with E-state index in [0.717, 1.165) is 29.5 Å². The summed E-state index contributed by atoms with van der Waals surface area (Å²) < 4.78 is 5.46. The van der Waals surface area contributed by atoms with Crippen LogP contribution in [0.1, 0.15) is 76.6 Å². The molecule has 1 aliphatic rings. The first-order chi connectivity index (χ1) is 17.5. The van der Waals surface area contributed by atoms with Gasteiger partial charge in [0.1, 0.15) is 17.7 Å². The second-order valence-corrected chi connectivity index (χ2v) is 11.0. The van der Waals surface area contributed by atoms with Gasteiger partial charge < -0.3 is 20.3 Å². The Morgan fingerprint density at radius 1 is 1.05 bits per heavy atom. The summed E-state index contributed by atoms with van der Waals surface area (Å²) >= 11 is 0. The summed E-state index contributed by atoms with van der Waals surface area (Å²) in [6.07, 6.45) is 1.68. The lowest BCUT2D eigenvalue weighted by Crippen LogP contribution is -2.55. The molecule has 0 aliphatic heterocycles. The fourth-order valence-corrected chi connectivity index (χ4v) is 4.31. The van der Waals surface area contributed by atoms with Gasteiger partial charge in [-0.3, -0.25) is 9.59 Å². The van der Waals surface area contributed by atoms with Crippen molar-refractivity contribution >= 4 is 17.9 Å². The Morgan fingerprint density at radius 2 is 1.73 bits per heavy atom. The van der Waals surface area contributed by atoms with Crippen molar-refractivity contribution in [3.05, 3.63) is 71.3 Å². The molecule has 2 aromatic carbocycles. The third-order valence-electron chi connectivity index (χ3n) is 6.54. The normalized spacial score (nSPS) is 15.7. The van der Waals surface area contributed by atoms with Crippen LogP contribution in [0.3, 0.4) is 0 Å². The van der Waals surface area contributed by atoms with Crippen LogP contribution in [0.15, 0.2) is 54.6 Å². The Hall–Kier alpha value is -3.35. The van der Waals surface area contributed by atoms with E-state index in [1.165, 1.54) is 0 Å². The molecule has 200 valence electrons. The predicted molar refractivity (Wildman–Crippen MR) is 145 cm³/mol. The van der Waals surface area contributed by atoms with Crippen LogP contribution in [0.4, 0.5) is 4.79 Å². The molecule has 2 aromatic rings. The van der Waals surface area contributed by atoms with Crippen LogP contribution in [-0.4, -0.2) is 40.5 Å². The number of alkyl carbamates (subject to hydrolysis) is 1. The second-order valence-electron chi connectivity index (χ2n) is 11.0. The number of aryl methyl sites for hydroxylation is 1. The van der Waals surface area contributed by atoms with Gasteiger partial charge in [0.15, 0.2) is 0 Å². The van der Waals surface area contributed by atoms with Crippen molar-refractivity contribution in [3.8, 4) is 0 Å². The average Bonchev–Trinajstić information content (AvgIpc) is 3.68. The van der Waals surface area contributed by atoms with E-state index in [-0.39, 0.29) is 23.8 Å². The summed E-state index contributed by atoms with van der Waals surface area (Å²) in [5, 5.41) is 5.86. The molecule has 0 heterocycles. The van der Waals surface area contributed by atoms with Crippen molar-refractivity contribution in [1.29, 1.82) is 0 Å². The minimum atomic E-state index is -0.810. The number of nitrogens with one attached hydrogen (secondary N) is 2. The van der Waals surface area contributed by atoms with Gasteiger partial charge in [0.2, 0.25) is 11.8 Å². The van der Waals surface area contributed by atoms with Crippen LogP contribution in [0.25, 0.3) is 0 Å². The van der Waals surface area contributed by atoms with Crippen molar-refractivity contribution in [3.63, 3.8) is 0 Å². The van der Waals surface area contributed by atoms with Gasteiger partial charge in [-0.2, -0.15) is 0 Å². The second kappa shape index (κ2) is 12.3. The van der Waals surface area contributed by atoms with Crippen LogP contribution in [-0.2, 0) is 20.9 Å². The topological polar surface area (TPSA) is 87.7 Å². The van der Waals surface area contributed by atoms with Gasteiger partial charge >= 0.3 is 6.09 Å². The highest BCUT2D eigenvalue weighted by molar-refractivity contribution is 5.92. The predicted octanol–water partition coefficient (Wildman–Crippen LogP) is 5.28. The highest BCUT2D eigenvalue weighted by Crippen LogP contribution is 2.36. The minimum absolute atomic E-state index is 0.0625. The number of rotatable bonds is 10. The smallest absolute Gasteiger partial charge is 0.408 e. The number of benzene rings is 2. The number of carbonyl (C=O) groups is 3. The Bertz CT molecular complexity index is 1080. The van der Waals surface area contributed by atoms with Crippen molar-refractivity contribution in [1.82, 2.24) is 15.5 Å². The van der Waals surface area contributed by atoms with E-state index in [1.54, 1.807) is 25.7 Å². The van der Waals surface area contributed by atoms with Crippen LogP contribution in [0.5, 0.6) is 0 Å². The Kier molecular flexibility index (Phi) is 9.35. The molecule has 7 heteroatoms. The number of ether oxygens (including phenoxy) is 1. The van der Waals surface area contributed by atoms with Crippen LogP contribution < -0.4 is 10.6 Å². The summed E-state index contributed by atoms with van der Waals surface area (Å²) in [6, 6.07) is 15.7. The SMILES string of the molecule is CCC(C)C(NC(=O)OC(C)(C)C)C(=O)N(C1CC1)C(C(=O)NCc1ccccc1)c1cccc(C)c1. The van der Waals surface area contributed by atoms with E-state index in [0.29, 0.717) is 13.0 Å². The first-order valence-corrected chi connectivity index (χ1v) is 13.2. The number of hydrogen-bond acceptors (Lipinski definition) is 4. The van der Waals surface area contributed by atoms with Crippen LogP contribution in [0, 0.1) is 12.8 Å². The van der Waals surface area contributed by atoms with E-state index in [2.05, 4.69) is 10.6 Å². The fraction of sp³-hybridized carbons (Fsp3) is 0.500. The van der Waals surface area contributed by atoms with E-state index in [4.69, 9.17) is 4.74 Å². The van der Waals surface area contributed by atoms with Gasteiger partial charge in [0.25, 0.3) is 0 Å². The Balaban J connectivity index is 1.94. The molecule has 2 N–H and O–H groups in total. The van der Waals surface area contributed by atoms with Crippen LogP contribution >= 0.6 is 0 Å². The Labute approximate surface area is 221 Å². The summed E-state index contributed by atoms with van der Waals surface area (Å²) in [5.41, 5.74) is 2.05. The highest BCUT2D eigenvalue weighted by Gasteiger charge is 2.45. The summed E-state index contributed by atoms with van der Waals surface area (Å²) in [5.74, 6) is -0.647. The first-order valence-electron chi connectivity index (χ1n) is 13.2. The monoisotopic (exact) mass is 507 g/mol. The maximum absolute atomic E-state index is 14.2. The number of hydrogen-bond donors (Lipinski definition) is 2. The zero-order chi connectivity index (χ0) is 27.2. The van der Waals surface area contributed by atoms with Gasteiger partial charge in [-0.1, -0.05) is 80.4 Å². The summed E-state index contributed by atoms with van der Waals surface area (Å²) in [7, 11) is 0. The summed E-state index contributed by atoms with van der Waals surface area (Å²) in [6.45, 7) is 11.6. The lowest BCUT2D eigenvalue weighted by molar-refractivity contribution is -0.144. The van der Waals surface area contributed by atoms with E-state index in [1.807, 2.05) is 75.4 Å². The molecule has 0 radical (unpaired) electrons. The van der Waals surface area contributed by atoms with Crippen LogP contribution in [0.2, 0.25) is 0 Å². The molecular formula is C30H41N3O4. The molecule has 0 saturated heterocycles. The molecule has 7 nitrogen and oxygen atoms in total. The zero-order valence-electron chi connectivity index (χ0n) is 22.9. The van der Waals surface area contributed by atoms with E-state index >= 15 is 0 Å². The summed E-state index contributed by atoms with van der Waals surface area (Å²) in [4.78, 5) is 42.3. The maximum atomic E-state index is 14.2. The lowest BCUT2D eigenvalue weighted by Gasteiger charge is -2.36. The molecule has 0 bridgehead atoms. The standard InChI is InChI=1S/C30H41N3O4/c1-7-21(3)25(32-29(36)37-30(4,5)6)28(35)33(24-16-17-24)26(23-15-11-12-20(2)18-23)27(34)31-19-22-13-9-8-10-14-22/h8-15,18,21,24-26H,7,16-17,19H2,1-6H3,(H,31,34)(H,32,36). The fourth-order valence-electron chi connectivity index (χ4n) is 4.31. The number of carbonyl (C=O) groups excluding carboxylic acids is 3. The average molecular weight is 508 g/mol. The minimum Gasteiger partial charge on any atom is -0.444 e. The molecule has 3 amide bonds. The molecule has 1 fully saturated rings. The molecule has 37 heavy (non-hydrogen) atoms. The lowest BCUT2D eigenvalue weighted by atomic mass is 9.95. The first kappa shape index (κ1) is 28.2. The molecule has 0 aromatic heterocycles. The van der Waals surface area contributed by atoms with Gasteiger partial charge in [-0.15, -0.1) is 0 Å². The third-order valence-corrected chi connectivity index (χ3v) is 6.54. The molecule has 0 spiro atoms. The molecular weight excluding hydrogens is 466 g/mol. The Morgan fingerprint density at radius 3 is 2.30 bits per heavy atom. The van der Waals surface area contributed by atoms with Crippen molar-refractivity contribution in [2.24, 2.45) is 5.92 Å². The molecule has 1 saturated carbocycles. The molecule has 3 atom stereocenters. The third kappa shape index (κ3) is 8.07. The van der Waals surface area contributed by atoms with E-state index < -0.39 is 23.8 Å². The maximum Gasteiger partial charge on any atom is 0.408 e. The molecule has 1 aliphatic carbocycles. The quantitative estimate of drug-likeness (QED) is 0.458. The van der Waals surface area contributed by atoms with Gasteiger partial charge in [-0.05, 0) is 57.6 Å². The molecule has 3 rings (SSSR count). The largest absolute Gasteiger partial charge is 0.444 e. The number of amides is 3. The number of nitrogens with zero attached hydrogens (tertiary/aromatic N) is 1. The van der Waals surface area contributed by atoms with Crippen molar-refractivity contribution in [2.75, 3.05) is 0 Å². The van der Waals surface area contributed by atoms with Crippen molar-refractivity contribution < 1.29 is 19.1 Å².